The Kier molecular flexibility index (Phi) is 7.47. The van der Waals surface area contributed by atoms with E-state index >= 15 is 0 Å². The van der Waals surface area contributed by atoms with E-state index in [1.54, 1.807) is 23.5 Å². The topological polar surface area (TPSA) is 75.6 Å². The number of aliphatic carboxylic acids is 1. The van der Waals surface area contributed by atoms with Crippen LogP contribution in [-0.2, 0) is 22.4 Å². The number of carboxylic acids is 1. The van der Waals surface area contributed by atoms with Crippen LogP contribution in [-0.4, -0.2) is 30.1 Å². The highest BCUT2D eigenvalue weighted by molar-refractivity contribution is 7.11. The van der Waals surface area contributed by atoms with Gasteiger partial charge in [-0.3, -0.25) is 4.79 Å². The highest BCUT2D eigenvalue weighted by Crippen LogP contribution is 2.17. The Morgan fingerprint density at radius 2 is 1.88 bits per heavy atom. The third-order valence-corrected chi connectivity index (χ3v) is 4.70. The van der Waals surface area contributed by atoms with Crippen LogP contribution in [0.5, 0.6) is 5.75 Å². The molecule has 2 N–H and O–H groups in total. The maximum atomic E-state index is 11.8. The van der Waals surface area contributed by atoms with Crippen LogP contribution in [0.25, 0.3) is 0 Å². The van der Waals surface area contributed by atoms with Crippen molar-refractivity contribution in [2.45, 2.75) is 32.6 Å². The van der Waals surface area contributed by atoms with Crippen LogP contribution in [0.4, 0.5) is 0 Å². The fraction of sp³-hybridized carbons (Fsp3) is 0.368. The van der Waals surface area contributed by atoms with E-state index in [4.69, 9.17) is 9.84 Å². The van der Waals surface area contributed by atoms with Crippen molar-refractivity contribution in [1.29, 1.82) is 0 Å². The van der Waals surface area contributed by atoms with Gasteiger partial charge in [-0.05, 0) is 56.0 Å². The molecule has 0 bridgehead atoms. The molecule has 0 aliphatic carbocycles. The first-order chi connectivity index (χ1) is 12.0. The summed E-state index contributed by atoms with van der Waals surface area (Å²) < 4.78 is 5.08. The molecule has 2 rings (SSSR count). The van der Waals surface area contributed by atoms with Crippen molar-refractivity contribution in [3.8, 4) is 5.75 Å². The number of carbonyl (C=O) groups is 2. The highest BCUT2D eigenvalue weighted by Gasteiger charge is 2.04. The first-order valence-corrected chi connectivity index (χ1v) is 9.10. The number of aryl methyl sites for hydroxylation is 2. The Morgan fingerprint density at radius 1 is 1.12 bits per heavy atom. The minimum atomic E-state index is -0.999. The number of hydrogen-bond donors (Lipinski definition) is 2. The van der Waals surface area contributed by atoms with Crippen molar-refractivity contribution >= 4 is 23.2 Å². The Bertz CT molecular complexity index is 694. The predicted octanol–water partition coefficient (Wildman–Crippen LogP) is 3.20. The highest BCUT2D eigenvalue weighted by atomic mass is 32.1. The Hall–Kier alpha value is -2.34. The van der Waals surface area contributed by atoms with Gasteiger partial charge in [0.15, 0.2) is 6.61 Å². The van der Waals surface area contributed by atoms with E-state index in [-0.39, 0.29) is 12.5 Å². The van der Waals surface area contributed by atoms with Crippen LogP contribution in [0.1, 0.15) is 28.2 Å². The van der Waals surface area contributed by atoms with E-state index in [0.717, 1.165) is 24.8 Å². The van der Waals surface area contributed by atoms with Crippen LogP contribution in [0, 0.1) is 6.92 Å². The number of thiophene rings is 1. The SMILES string of the molecule is Cc1ccc(CCCC(=O)NCCc2ccc(OCC(=O)O)cc2)s1. The summed E-state index contributed by atoms with van der Waals surface area (Å²) in [5, 5.41) is 11.5. The molecule has 0 atom stereocenters. The molecular weight excluding hydrogens is 338 g/mol. The lowest BCUT2D eigenvalue weighted by atomic mass is 10.1. The molecule has 2 aromatic rings. The minimum Gasteiger partial charge on any atom is -0.482 e. The van der Waals surface area contributed by atoms with Crippen LogP contribution >= 0.6 is 11.3 Å². The first kappa shape index (κ1) is 19.0. The van der Waals surface area contributed by atoms with Gasteiger partial charge >= 0.3 is 5.97 Å². The molecule has 6 heteroatoms. The molecule has 5 nitrogen and oxygen atoms in total. The van der Waals surface area contributed by atoms with Gasteiger partial charge in [-0.1, -0.05) is 12.1 Å². The van der Waals surface area contributed by atoms with Crippen LogP contribution in [0.3, 0.4) is 0 Å². The van der Waals surface area contributed by atoms with Crippen LogP contribution < -0.4 is 10.1 Å². The van der Waals surface area contributed by atoms with Crippen molar-refractivity contribution < 1.29 is 19.4 Å². The monoisotopic (exact) mass is 361 g/mol. The fourth-order valence-corrected chi connectivity index (χ4v) is 3.31. The zero-order chi connectivity index (χ0) is 18.1. The van der Waals surface area contributed by atoms with Gasteiger partial charge in [0.1, 0.15) is 5.75 Å². The number of rotatable bonds is 10. The van der Waals surface area contributed by atoms with Gasteiger partial charge in [0.25, 0.3) is 0 Å². The largest absolute Gasteiger partial charge is 0.482 e. The maximum absolute atomic E-state index is 11.8. The van der Waals surface area contributed by atoms with Crippen molar-refractivity contribution in [3.05, 3.63) is 51.7 Å². The Balaban J connectivity index is 1.61. The second kappa shape index (κ2) is 9.84. The van der Waals surface area contributed by atoms with Crippen molar-refractivity contribution in [1.82, 2.24) is 5.32 Å². The number of carbonyl (C=O) groups excluding carboxylic acids is 1. The third kappa shape index (κ3) is 7.39. The molecule has 1 heterocycles. The number of amides is 1. The summed E-state index contributed by atoms with van der Waals surface area (Å²) in [4.78, 5) is 24.9. The van der Waals surface area contributed by atoms with E-state index < -0.39 is 5.97 Å². The van der Waals surface area contributed by atoms with Crippen molar-refractivity contribution in [2.24, 2.45) is 0 Å². The molecule has 0 aliphatic heterocycles. The lowest BCUT2D eigenvalue weighted by Crippen LogP contribution is -2.25. The first-order valence-electron chi connectivity index (χ1n) is 8.28. The molecule has 0 spiro atoms. The molecule has 0 saturated heterocycles. The summed E-state index contributed by atoms with van der Waals surface area (Å²) in [6.07, 6.45) is 3.08. The molecule has 134 valence electrons. The zero-order valence-corrected chi connectivity index (χ0v) is 15.1. The quantitative estimate of drug-likeness (QED) is 0.681. The lowest BCUT2D eigenvalue weighted by Gasteiger charge is -2.07. The molecule has 0 unspecified atom stereocenters. The summed E-state index contributed by atoms with van der Waals surface area (Å²) in [6, 6.07) is 11.5. The Morgan fingerprint density at radius 3 is 2.52 bits per heavy atom. The third-order valence-electron chi connectivity index (χ3n) is 3.64. The summed E-state index contributed by atoms with van der Waals surface area (Å²) in [6.45, 7) is 2.33. The number of carboxylic acid groups (broad SMARTS) is 1. The molecule has 0 radical (unpaired) electrons. The summed E-state index contributed by atoms with van der Waals surface area (Å²) in [5.74, 6) is -0.394. The molecule has 1 amide bonds. The van der Waals surface area contributed by atoms with Gasteiger partial charge in [0.05, 0.1) is 0 Å². The minimum absolute atomic E-state index is 0.0784. The summed E-state index contributed by atoms with van der Waals surface area (Å²) in [5.41, 5.74) is 1.07. The number of ether oxygens (including phenoxy) is 1. The van der Waals surface area contributed by atoms with Gasteiger partial charge in [0.2, 0.25) is 5.91 Å². The molecule has 25 heavy (non-hydrogen) atoms. The predicted molar refractivity (Wildman–Crippen MR) is 98.3 cm³/mol. The van der Waals surface area contributed by atoms with E-state index in [1.807, 2.05) is 12.1 Å². The van der Waals surface area contributed by atoms with Gasteiger partial charge in [-0.15, -0.1) is 11.3 Å². The van der Waals surface area contributed by atoms with E-state index in [1.165, 1.54) is 9.75 Å². The summed E-state index contributed by atoms with van der Waals surface area (Å²) >= 11 is 1.79. The molecular formula is C19H23NO4S. The van der Waals surface area contributed by atoms with E-state index in [2.05, 4.69) is 24.4 Å². The molecule has 0 fully saturated rings. The van der Waals surface area contributed by atoms with Gasteiger partial charge < -0.3 is 15.2 Å². The van der Waals surface area contributed by atoms with E-state index in [0.29, 0.717) is 18.7 Å². The average molecular weight is 361 g/mol. The second-order valence-corrected chi connectivity index (χ2v) is 7.16. The van der Waals surface area contributed by atoms with Gasteiger partial charge in [-0.25, -0.2) is 4.79 Å². The molecule has 0 saturated carbocycles. The van der Waals surface area contributed by atoms with Crippen molar-refractivity contribution in [2.75, 3.05) is 13.2 Å². The fourth-order valence-electron chi connectivity index (χ4n) is 2.37. The van der Waals surface area contributed by atoms with Gasteiger partial charge in [-0.2, -0.15) is 0 Å². The maximum Gasteiger partial charge on any atom is 0.341 e. The normalized spacial score (nSPS) is 10.4. The molecule has 1 aromatic carbocycles. The zero-order valence-electron chi connectivity index (χ0n) is 14.3. The van der Waals surface area contributed by atoms with Crippen LogP contribution in [0.15, 0.2) is 36.4 Å². The van der Waals surface area contributed by atoms with E-state index in [9.17, 15) is 9.59 Å². The molecule has 1 aromatic heterocycles. The number of nitrogens with one attached hydrogen (secondary N) is 1. The summed E-state index contributed by atoms with van der Waals surface area (Å²) in [7, 11) is 0. The van der Waals surface area contributed by atoms with Crippen molar-refractivity contribution in [3.63, 3.8) is 0 Å². The average Bonchev–Trinajstić information content (AvgIpc) is 2.99. The van der Waals surface area contributed by atoms with Gasteiger partial charge in [0, 0.05) is 22.7 Å². The number of benzene rings is 1. The Labute approximate surface area is 151 Å². The number of hydrogen-bond acceptors (Lipinski definition) is 4. The molecule has 0 aliphatic rings. The smallest absolute Gasteiger partial charge is 0.341 e. The lowest BCUT2D eigenvalue weighted by molar-refractivity contribution is -0.139. The second-order valence-electron chi connectivity index (χ2n) is 5.79. The van der Waals surface area contributed by atoms with Crippen LogP contribution in [0.2, 0.25) is 0 Å². The standard InChI is InChI=1S/C19H23NO4S/c1-14-5-10-17(25-14)3-2-4-18(21)20-12-11-15-6-8-16(9-7-15)24-13-19(22)23/h5-10H,2-4,11-13H2,1H3,(H,20,21)(H,22,23).